The molecule has 0 fully saturated rings. The molecule has 1 aromatic carbocycles. The normalized spacial score (nSPS) is 13.7. The molecule has 0 saturated carbocycles. The minimum Gasteiger partial charge on any atom is -0.619 e. The van der Waals surface area contributed by atoms with E-state index in [1.54, 1.807) is 26.5 Å². The summed E-state index contributed by atoms with van der Waals surface area (Å²) in [5.41, 5.74) is 2.42. The van der Waals surface area contributed by atoms with Crippen molar-refractivity contribution < 1.29 is 14.2 Å². The Balaban J connectivity index is 2.45. The molecule has 0 atom stereocenters. The predicted molar refractivity (Wildman–Crippen MR) is 68.0 cm³/mol. The van der Waals surface area contributed by atoms with Crippen molar-refractivity contribution in [1.82, 2.24) is 0 Å². The Labute approximate surface area is 105 Å². The number of fused-ring (bicyclic) bond motifs is 3. The Kier molecular flexibility index (Phi) is 2.51. The van der Waals surface area contributed by atoms with Crippen LogP contribution in [-0.2, 0) is 12.8 Å². The standard InChI is InChI=1S/C14H15NO3/c1-17-13-10-5-3-4-9(10)12-8-15(16)7-6-11(12)14(13)18-2/h6-8H,3-5H2,1-2H3. The van der Waals surface area contributed by atoms with Crippen LogP contribution in [0.2, 0.25) is 0 Å². The zero-order valence-corrected chi connectivity index (χ0v) is 10.5. The molecule has 3 rings (SSSR count). The second-order valence-electron chi connectivity index (χ2n) is 4.51. The Hall–Kier alpha value is -1.97. The Morgan fingerprint density at radius 1 is 1.06 bits per heavy atom. The van der Waals surface area contributed by atoms with Gasteiger partial charge in [-0.15, -0.1) is 0 Å². The zero-order chi connectivity index (χ0) is 12.7. The fourth-order valence-electron chi connectivity index (χ4n) is 2.89. The van der Waals surface area contributed by atoms with E-state index in [1.165, 1.54) is 17.3 Å². The number of rotatable bonds is 2. The van der Waals surface area contributed by atoms with Crippen molar-refractivity contribution in [3.05, 3.63) is 34.8 Å². The van der Waals surface area contributed by atoms with Gasteiger partial charge in [-0.3, -0.25) is 0 Å². The van der Waals surface area contributed by atoms with Crippen LogP contribution in [0.25, 0.3) is 10.8 Å². The van der Waals surface area contributed by atoms with Crippen molar-refractivity contribution in [2.75, 3.05) is 14.2 Å². The quantitative estimate of drug-likeness (QED) is 0.600. The molecule has 0 radical (unpaired) electrons. The molecule has 0 spiro atoms. The highest BCUT2D eigenvalue weighted by Crippen LogP contribution is 2.44. The molecule has 0 bridgehead atoms. The molecule has 18 heavy (non-hydrogen) atoms. The van der Waals surface area contributed by atoms with Crippen molar-refractivity contribution in [3.8, 4) is 11.5 Å². The Morgan fingerprint density at radius 3 is 2.50 bits per heavy atom. The summed E-state index contributed by atoms with van der Waals surface area (Å²) in [4.78, 5) is 0. The lowest BCUT2D eigenvalue weighted by atomic mass is 10.0. The van der Waals surface area contributed by atoms with E-state index in [-0.39, 0.29) is 0 Å². The summed E-state index contributed by atoms with van der Waals surface area (Å²) in [6.07, 6.45) is 6.20. The van der Waals surface area contributed by atoms with Crippen molar-refractivity contribution in [2.45, 2.75) is 19.3 Å². The van der Waals surface area contributed by atoms with Crippen LogP contribution in [0, 0.1) is 5.21 Å². The number of ether oxygens (including phenoxy) is 2. The highest BCUT2D eigenvalue weighted by Gasteiger charge is 2.25. The third-order valence-corrected chi connectivity index (χ3v) is 3.61. The lowest BCUT2D eigenvalue weighted by Gasteiger charge is -2.15. The minimum atomic E-state index is 0.730. The number of aryl methyl sites for hydroxylation is 1. The van der Waals surface area contributed by atoms with E-state index in [0.29, 0.717) is 0 Å². The highest BCUT2D eigenvalue weighted by atomic mass is 16.5. The van der Waals surface area contributed by atoms with Gasteiger partial charge in [-0.05, 0) is 24.8 Å². The van der Waals surface area contributed by atoms with Gasteiger partial charge in [0.15, 0.2) is 23.9 Å². The van der Waals surface area contributed by atoms with E-state index in [2.05, 4.69) is 0 Å². The van der Waals surface area contributed by atoms with Gasteiger partial charge in [0.25, 0.3) is 0 Å². The molecule has 0 saturated heterocycles. The van der Waals surface area contributed by atoms with Gasteiger partial charge in [-0.1, -0.05) is 0 Å². The lowest BCUT2D eigenvalue weighted by Crippen LogP contribution is -2.24. The first-order valence-corrected chi connectivity index (χ1v) is 6.04. The SMILES string of the molecule is COc1c2c(c3c[n+]([O-])ccc3c1OC)CCC2. The summed E-state index contributed by atoms with van der Waals surface area (Å²) < 4.78 is 11.8. The topological polar surface area (TPSA) is 45.4 Å². The summed E-state index contributed by atoms with van der Waals surface area (Å²) in [5, 5.41) is 13.4. The van der Waals surface area contributed by atoms with E-state index in [0.717, 1.165) is 46.3 Å². The molecule has 1 aliphatic rings. The molecule has 94 valence electrons. The van der Waals surface area contributed by atoms with E-state index in [4.69, 9.17) is 9.47 Å². The molecule has 1 heterocycles. The monoisotopic (exact) mass is 245 g/mol. The van der Waals surface area contributed by atoms with Crippen LogP contribution in [0.4, 0.5) is 0 Å². The maximum atomic E-state index is 11.5. The number of pyridine rings is 1. The summed E-state index contributed by atoms with van der Waals surface area (Å²) in [6, 6.07) is 1.79. The van der Waals surface area contributed by atoms with Gasteiger partial charge in [0.1, 0.15) is 0 Å². The van der Waals surface area contributed by atoms with E-state index in [9.17, 15) is 5.21 Å². The second kappa shape index (κ2) is 4.05. The zero-order valence-electron chi connectivity index (χ0n) is 10.5. The molecule has 0 N–H and O–H groups in total. The van der Waals surface area contributed by atoms with E-state index in [1.807, 2.05) is 0 Å². The summed E-state index contributed by atoms with van der Waals surface area (Å²) in [6.45, 7) is 0. The molecular formula is C14H15NO3. The van der Waals surface area contributed by atoms with Crippen LogP contribution in [0.1, 0.15) is 17.5 Å². The van der Waals surface area contributed by atoms with Crippen LogP contribution in [0.3, 0.4) is 0 Å². The average molecular weight is 245 g/mol. The smallest absolute Gasteiger partial charge is 0.188 e. The van der Waals surface area contributed by atoms with Crippen molar-refractivity contribution in [2.24, 2.45) is 0 Å². The van der Waals surface area contributed by atoms with Gasteiger partial charge >= 0.3 is 0 Å². The third kappa shape index (κ3) is 1.41. The maximum absolute atomic E-state index is 11.5. The molecule has 4 heteroatoms. The first-order chi connectivity index (χ1) is 8.76. The highest BCUT2D eigenvalue weighted by molar-refractivity contribution is 5.94. The first kappa shape index (κ1) is 11.1. The Morgan fingerprint density at radius 2 is 1.78 bits per heavy atom. The summed E-state index contributed by atoms with van der Waals surface area (Å²) in [7, 11) is 3.30. The molecule has 1 aromatic heterocycles. The molecule has 0 aliphatic heterocycles. The largest absolute Gasteiger partial charge is 0.619 e. The van der Waals surface area contributed by atoms with Gasteiger partial charge in [0, 0.05) is 17.0 Å². The number of hydrogen-bond donors (Lipinski definition) is 0. The van der Waals surface area contributed by atoms with Crippen LogP contribution in [-0.4, -0.2) is 14.2 Å². The van der Waals surface area contributed by atoms with Crippen molar-refractivity contribution in [3.63, 3.8) is 0 Å². The van der Waals surface area contributed by atoms with Gasteiger partial charge in [0.2, 0.25) is 0 Å². The predicted octanol–water partition coefficient (Wildman–Crippen LogP) is 1.98. The fraction of sp³-hybridized carbons (Fsp3) is 0.357. The van der Waals surface area contributed by atoms with Crippen molar-refractivity contribution in [1.29, 1.82) is 0 Å². The van der Waals surface area contributed by atoms with Gasteiger partial charge < -0.3 is 14.7 Å². The fourth-order valence-corrected chi connectivity index (χ4v) is 2.89. The molecular weight excluding hydrogens is 230 g/mol. The minimum absolute atomic E-state index is 0.730. The Bertz CT molecular complexity index is 622. The third-order valence-electron chi connectivity index (χ3n) is 3.61. The molecule has 1 aliphatic carbocycles. The number of nitrogens with zero attached hydrogens (tertiary/aromatic N) is 1. The van der Waals surface area contributed by atoms with Gasteiger partial charge in [-0.2, -0.15) is 4.73 Å². The number of benzene rings is 1. The van der Waals surface area contributed by atoms with E-state index < -0.39 is 0 Å². The number of hydrogen-bond acceptors (Lipinski definition) is 3. The maximum Gasteiger partial charge on any atom is 0.188 e. The number of methoxy groups -OCH3 is 2. The summed E-state index contributed by atoms with van der Waals surface area (Å²) >= 11 is 0. The molecule has 2 aromatic rings. The molecule has 0 unspecified atom stereocenters. The van der Waals surface area contributed by atoms with Crippen LogP contribution < -0.4 is 14.2 Å². The van der Waals surface area contributed by atoms with Gasteiger partial charge in [-0.25, -0.2) is 0 Å². The second-order valence-corrected chi connectivity index (χ2v) is 4.51. The van der Waals surface area contributed by atoms with Crippen LogP contribution in [0.15, 0.2) is 18.5 Å². The van der Waals surface area contributed by atoms with Crippen LogP contribution >= 0.6 is 0 Å². The average Bonchev–Trinajstić information content (AvgIpc) is 2.86. The van der Waals surface area contributed by atoms with Crippen LogP contribution in [0.5, 0.6) is 11.5 Å². The van der Waals surface area contributed by atoms with E-state index >= 15 is 0 Å². The van der Waals surface area contributed by atoms with Gasteiger partial charge in [0.05, 0.1) is 19.6 Å². The lowest BCUT2D eigenvalue weighted by molar-refractivity contribution is -0.603. The first-order valence-electron chi connectivity index (χ1n) is 6.04. The number of aromatic nitrogens is 1. The summed E-state index contributed by atoms with van der Waals surface area (Å²) in [5.74, 6) is 1.55. The van der Waals surface area contributed by atoms with Crippen molar-refractivity contribution >= 4 is 10.8 Å². The molecule has 4 nitrogen and oxygen atoms in total. The molecule has 0 amide bonds.